The van der Waals surface area contributed by atoms with Crippen molar-refractivity contribution in [1.82, 2.24) is 14.8 Å². The molecule has 0 saturated carbocycles. The lowest BCUT2D eigenvalue weighted by Gasteiger charge is -2.26. The Labute approximate surface area is 186 Å². The Morgan fingerprint density at radius 2 is 1.94 bits per heavy atom. The number of benzene rings is 2. The average Bonchev–Trinajstić information content (AvgIpc) is 3.23. The SMILES string of the molecule is CC(=O)Nc1cccc(C2=C[C@@H](c3ccc4c(c3)OCCO4)n3nc(C(F)(F)F)nc3N2)c1. The molecular formula is C22H18F3N5O3. The molecule has 5 rings (SSSR count). The highest BCUT2D eigenvalue weighted by Gasteiger charge is 2.39. The van der Waals surface area contributed by atoms with Gasteiger partial charge in [-0.2, -0.15) is 18.2 Å². The van der Waals surface area contributed by atoms with Crippen molar-refractivity contribution in [1.29, 1.82) is 0 Å². The summed E-state index contributed by atoms with van der Waals surface area (Å²) < 4.78 is 52.5. The third-order valence-corrected chi connectivity index (χ3v) is 5.12. The number of hydrogen-bond donors (Lipinski definition) is 2. The summed E-state index contributed by atoms with van der Waals surface area (Å²) in [5.74, 6) is -0.446. The number of amides is 1. The monoisotopic (exact) mass is 457 g/mol. The number of halogens is 3. The van der Waals surface area contributed by atoms with E-state index in [1.54, 1.807) is 48.5 Å². The number of nitrogens with one attached hydrogen (secondary N) is 2. The van der Waals surface area contributed by atoms with Crippen LogP contribution in [0.15, 0.2) is 48.5 Å². The van der Waals surface area contributed by atoms with Gasteiger partial charge in [0, 0.05) is 18.3 Å². The van der Waals surface area contributed by atoms with Crippen LogP contribution in [-0.2, 0) is 11.0 Å². The van der Waals surface area contributed by atoms with Crippen LogP contribution in [0.5, 0.6) is 11.5 Å². The molecule has 0 saturated heterocycles. The van der Waals surface area contributed by atoms with Gasteiger partial charge >= 0.3 is 6.18 Å². The molecule has 170 valence electrons. The Morgan fingerprint density at radius 3 is 2.70 bits per heavy atom. The summed E-state index contributed by atoms with van der Waals surface area (Å²) in [6.07, 6.45) is -2.95. The zero-order valence-corrected chi connectivity index (χ0v) is 17.3. The molecule has 0 radical (unpaired) electrons. The zero-order chi connectivity index (χ0) is 23.2. The molecule has 1 aromatic heterocycles. The summed E-state index contributed by atoms with van der Waals surface area (Å²) >= 11 is 0. The van der Waals surface area contributed by atoms with Crippen LogP contribution in [0.1, 0.15) is 29.9 Å². The number of fused-ring (bicyclic) bond motifs is 2. The molecule has 3 heterocycles. The van der Waals surface area contributed by atoms with Gasteiger partial charge in [-0.15, -0.1) is 5.10 Å². The first-order valence-electron chi connectivity index (χ1n) is 10.1. The maximum atomic E-state index is 13.4. The second-order valence-corrected chi connectivity index (χ2v) is 7.52. The molecule has 0 fully saturated rings. The summed E-state index contributed by atoms with van der Waals surface area (Å²) in [6.45, 7) is 2.20. The smallest absolute Gasteiger partial charge is 0.453 e. The van der Waals surface area contributed by atoms with Crippen LogP contribution in [0.3, 0.4) is 0 Å². The minimum atomic E-state index is -4.70. The number of ether oxygens (including phenoxy) is 2. The minimum absolute atomic E-state index is 0.0513. The van der Waals surface area contributed by atoms with Crippen LogP contribution < -0.4 is 20.1 Å². The van der Waals surface area contributed by atoms with E-state index < -0.39 is 18.0 Å². The van der Waals surface area contributed by atoms with E-state index in [9.17, 15) is 18.0 Å². The van der Waals surface area contributed by atoms with E-state index in [1.165, 1.54) is 11.6 Å². The van der Waals surface area contributed by atoms with E-state index >= 15 is 0 Å². The van der Waals surface area contributed by atoms with Gasteiger partial charge in [-0.3, -0.25) is 4.79 Å². The molecule has 2 aliphatic heterocycles. The molecule has 33 heavy (non-hydrogen) atoms. The first-order valence-corrected chi connectivity index (χ1v) is 10.1. The van der Waals surface area contributed by atoms with Crippen molar-refractivity contribution < 1.29 is 27.4 Å². The van der Waals surface area contributed by atoms with E-state index in [-0.39, 0.29) is 11.9 Å². The Balaban J connectivity index is 1.60. The lowest BCUT2D eigenvalue weighted by atomic mass is 10.0. The van der Waals surface area contributed by atoms with E-state index in [0.717, 1.165) is 0 Å². The lowest BCUT2D eigenvalue weighted by molar-refractivity contribution is -0.145. The molecule has 0 bridgehead atoms. The van der Waals surface area contributed by atoms with Crippen molar-refractivity contribution in [2.75, 3.05) is 23.8 Å². The van der Waals surface area contributed by atoms with Crippen LogP contribution >= 0.6 is 0 Å². The van der Waals surface area contributed by atoms with Crippen LogP contribution in [0.4, 0.5) is 24.8 Å². The number of hydrogen-bond acceptors (Lipinski definition) is 6. The van der Waals surface area contributed by atoms with Gasteiger partial charge in [-0.1, -0.05) is 18.2 Å². The molecule has 2 aliphatic rings. The van der Waals surface area contributed by atoms with Gasteiger partial charge in [0.15, 0.2) is 11.5 Å². The van der Waals surface area contributed by atoms with Crippen molar-refractivity contribution >= 4 is 23.2 Å². The number of carbonyl (C=O) groups is 1. The fourth-order valence-electron chi connectivity index (χ4n) is 3.73. The van der Waals surface area contributed by atoms with Crippen LogP contribution in [0.2, 0.25) is 0 Å². The maximum absolute atomic E-state index is 13.4. The standard InChI is InChI=1S/C22H18F3N5O3/c1-12(31)26-15-4-2-3-13(9-15)16-11-17(14-5-6-18-19(10-14)33-8-7-32-18)30-21(27-16)28-20(29-30)22(23,24)25/h2-6,9-11,17H,7-8H2,1H3,(H,26,31)(H,27,28,29)/t17-/m0/s1. The van der Waals surface area contributed by atoms with Crippen molar-refractivity contribution in [3.8, 4) is 11.5 Å². The predicted molar refractivity (Wildman–Crippen MR) is 113 cm³/mol. The summed E-state index contributed by atoms with van der Waals surface area (Å²) in [4.78, 5) is 15.1. The zero-order valence-electron chi connectivity index (χ0n) is 17.3. The van der Waals surface area contributed by atoms with Crippen LogP contribution in [-0.4, -0.2) is 33.9 Å². The highest BCUT2D eigenvalue weighted by atomic mass is 19.4. The quantitative estimate of drug-likeness (QED) is 0.616. The van der Waals surface area contributed by atoms with E-state index in [2.05, 4.69) is 20.7 Å². The molecular weight excluding hydrogens is 439 g/mol. The Kier molecular flexibility index (Phi) is 4.95. The summed E-state index contributed by atoms with van der Waals surface area (Å²) in [5.41, 5.74) is 2.39. The number of nitrogens with zero attached hydrogens (tertiary/aromatic N) is 3. The molecule has 11 heteroatoms. The molecule has 0 aliphatic carbocycles. The molecule has 2 N–H and O–H groups in total. The van der Waals surface area contributed by atoms with Crippen molar-refractivity contribution in [3.05, 3.63) is 65.5 Å². The van der Waals surface area contributed by atoms with Crippen molar-refractivity contribution in [3.63, 3.8) is 0 Å². The Morgan fingerprint density at radius 1 is 1.15 bits per heavy atom. The molecule has 3 aromatic rings. The fourth-order valence-corrected chi connectivity index (χ4v) is 3.73. The minimum Gasteiger partial charge on any atom is -0.486 e. The predicted octanol–water partition coefficient (Wildman–Crippen LogP) is 4.08. The lowest BCUT2D eigenvalue weighted by Crippen LogP contribution is -2.21. The number of rotatable bonds is 3. The van der Waals surface area contributed by atoms with E-state index in [4.69, 9.17) is 9.47 Å². The van der Waals surface area contributed by atoms with Gasteiger partial charge in [0.1, 0.15) is 19.3 Å². The van der Waals surface area contributed by atoms with E-state index in [0.29, 0.717) is 47.2 Å². The second kappa shape index (κ2) is 7.84. The normalized spacial score (nSPS) is 17.0. The summed E-state index contributed by atoms with van der Waals surface area (Å²) in [6, 6.07) is 11.5. The molecule has 1 amide bonds. The second-order valence-electron chi connectivity index (χ2n) is 7.52. The Hall–Kier alpha value is -4.02. The van der Waals surface area contributed by atoms with Gasteiger partial charge in [-0.25, -0.2) is 4.68 Å². The highest BCUT2D eigenvalue weighted by Crippen LogP contribution is 2.39. The van der Waals surface area contributed by atoms with Gasteiger partial charge in [0.05, 0.1) is 0 Å². The molecule has 8 nitrogen and oxygen atoms in total. The van der Waals surface area contributed by atoms with Crippen LogP contribution in [0, 0.1) is 0 Å². The van der Waals surface area contributed by atoms with Crippen molar-refractivity contribution in [2.24, 2.45) is 0 Å². The topological polar surface area (TPSA) is 90.3 Å². The number of anilines is 2. The van der Waals surface area contributed by atoms with Crippen molar-refractivity contribution in [2.45, 2.75) is 19.1 Å². The third kappa shape index (κ3) is 4.09. The number of allylic oxidation sites excluding steroid dienone is 1. The average molecular weight is 457 g/mol. The Bertz CT molecular complexity index is 1270. The summed E-state index contributed by atoms with van der Waals surface area (Å²) in [7, 11) is 0. The first-order chi connectivity index (χ1) is 15.8. The first kappa shape index (κ1) is 20.9. The number of aromatic nitrogens is 3. The maximum Gasteiger partial charge on any atom is 0.453 e. The molecule has 2 aromatic carbocycles. The summed E-state index contributed by atoms with van der Waals surface area (Å²) in [5, 5.41) is 9.35. The van der Waals surface area contributed by atoms with E-state index in [1.807, 2.05) is 0 Å². The van der Waals surface area contributed by atoms with Gasteiger partial charge in [0.2, 0.25) is 11.9 Å². The largest absolute Gasteiger partial charge is 0.486 e. The number of alkyl halides is 3. The van der Waals surface area contributed by atoms with Gasteiger partial charge in [0.25, 0.3) is 5.82 Å². The van der Waals surface area contributed by atoms with Crippen LogP contribution in [0.25, 0.3) is 5.70 Å². The molecule has 1 atom stereocenters. The van der Waals surface area contributed by atoms with Gasteiger partial charge in [-0.05, 0) is 41.5 Å². The molecule has 0 unspecified atom stereocenters. The third-order valence-electron chi connectivity index (χ3n) is 5.12. The van der Waals surface area contributed by atoms with Gasteiger partial charge < -0.3 is 20.1 Å². The fraction of sp³-hybridized carbons (Fsp3) is 0.227. The number of carbonyl (C=O) groups excluding carboxylic acids is 1. The molecule has 0 spiro atoms. The highest BCUT2D eigenvalue weighted by molar-refractivity contribution is 5.89.